The Kier molecular flexibility index (Phi) is 25.3. The number of likely N-dealkylation sites (N-methyl/N-ethyl adjacent to an activating group) is 2. The molecule has 19 nitrogen and oxygen atoms in total. The van der Waals surface area contributed by atoms with Crippen molar-refractivity contribution in [2.45, 2.75) is 142 Å². The lowest BCUT2D eigenvalue weighted by molar-refractivity contribution is -0.171. The Labute approximate surface area is 556 Å². The largest absolute Gasteiger partial charge is 0.492 e. The lowest BCUT2D eigenvalue weighted by Gasteiger charge is -2.60. The van der Waals surface area contributed by atoms with Crippen molar-refractivity contribution < 1.29 is 67.6 Å². The second-order valence-electron chi connectivity index (χ2n) is 21.1. The number of ketones is 8. The van der Waals surface area contributed by atoms with Gasteiger partial charge >= 0.3 is 5.97 Å². The number of carbonyl (C=O) groups excluding carboxylic acids is 9. The van der Waals surface area contributed by atoms with E-state index < -0.39 is 79.0 Å². The molecule has 2 fully saturated rings. The fourth-order valence-electron chi connectivity index (χ4n) is 13.5. The van der Waals surface area contributed by atoms with Crippen molar-refractivity contribution >= 4 is 190 Å². The summed E-state index contributed by atoms with van der Waals surface area (Å²) < 4.78 is 16.0. The van der Waals surface area contributed by atoms with Crippen LogP contribution in [0.2, 0.25) is 0 Å². The lowest BCUT2D eigenvalue weighted by atomic mass is 9.67. The van der Waals surface area contributed by atoms with E-state index in [9.17, 15) is 58.6 Å². The second kappa shape index (κ2) is 30.8. The molecule has 10 atom stereocenters. The van der Waals surface area contributed by atoms with Crippen LogP contribution in [0, 0.1) is 11.3 Å². The molecule has 10 aliphatic rings. The SMILES string of the molecule is C.COC1=C(C)C(=O)C2=C(C1=O)[C@@H]1[C@@H]3CC4=C(C(=O)C(C)=C(C)C4=O)[C@H](CO)N3[C@@H](C#N)[C@H](C2)N1C.COC1=C(C)C(=O)C2=C(C1=O)[C@@H]1[C@@H]3CC4=C(C(=O)C(C)=C(C)C4=O)[C@H](COC(C)=O)N3[C@@H](O)[C@H](C2)N1C.S=S=S=S=S=S=S=S=S=S=S=S=S=S=S. The van der Waals surface area contributed by atoms with Crippen LogP contribution in [0.3, 0.4) is 0 Å². The molecule has 0 spiro atoms. The zero-order chi connectivity index (χ0) is 63.8. The Morgan fingerprint density at radius 2 is 0.864 bits per heavy atom. The third kappa shape index (κ3) is 13.1. The molecule has 10 rings (SSSR count). The molecule has 476 valence electrons. The molecule has 0 aromatic carbocycles. The Morgan fingerprint density at radius 3 is 1.25 bits per heavy atom. The van der Waals surface area contributed by atoms with Crippen LogP contribution in [0.5, 0.6) is 0 Å². The second-order valence-corrected chi connectivity index (χ2v) is 44.1. The molecule has 0 unspecified atom stereocenters. The Bertz CT molecular complexity index is 4130. The van der Waals surface area contributed by atoms with Crippen LogP contribution >= 0.6 is 0 Å². The van der Waals surface area contributed by atoms with Crippen molar-refractivity contribution in [1.82, 2.24) is 19.6 Å². The highest BCUT2D eigenvalue weighted by Crippen LogP contribution is 2.51. The minimum absolute atomic E-state index is 0. The van der Waals surface area contributed by atoms with Crippen molar-refractivity contribution in [3.8, 4) is 6.07 Å². The Morgan fingerprint density at radius 1 is 0.523 bits per heavy atom. The van der Waals surface area contributed by atoms with Gasteiger partial charge in [0.25, 0.3) is 0 Å². The minimum atomic E-state index is -1.15. The minimum Gasteiger partial charge on any atom is -0.492 e. The van der Waals surface area contributed by atoms with Gasteiger partial charge in [-0.2, -0.15) is 5.26 Å². The molecule has 2 N–H and O–H groups in total. The Balaban J connectivity index is 0.000000203. The molecule has 0 saturated carbocycles. The molecule has 0 amide bonds. The van der Waals surface area contributed by atoms with Gasteiger partial charge in [-0.25, -0.2) is 0 Å². The first-order valence-corrected chi connectivity index (χ1v) is 45.0. The molecular formula is C54H61N5O14S15. The molecule has 6 aliphatic heterocycles. The number of nitrogens with zero attached hydrogens (tertiary/aromatic N) is 5. The van der Waals surface area contributed by atoms with E-state index in [0.717, 1.165) is 0 Å². The summed E-state index contributed by atoms with van der Waals surface area (Å²) in [7, 11) is 28.0. The zero-order valence-electron chi connectivity index (χ0n) is 48.2. The number of piperazine rings is 2. The number of rotatable bonds is 5. The Hall–Kier alpha value is -3.10. The van der Waals surface area contributed by atoms with Crippen LogP contribution in [-0.2, 0) is 195 Å². The fraction of sp³-hybridized carbons (Fsp3) is 0.519. The van der Waals surface area contributed by atoms with E-state index >= 15 is 0 Å². The number of hydrogen-bond donors (Lipinski definition) is 2. The molecule has 88 heavy (non-hydrogen) atoms. The third-order valence-electron chi connectivity index (χ3n) is 17.5. The van der Waals surface area contributed by atoms with Crippen LogP contribution in [0.25, 0.3) is 0 Å². The molecule has 6 heterocycles. The highest BCUT2D eigenvalue weighted by atomic mass is 33.5. The number of Topliss-reactive ketones (excluding diaryl/α,β-unsaturated/α-hetero) is 8. The topological polar surface area (TPSA) is 259 Å². The lowest BCUT2D eigenvalue weighted by Crippen LogP contribution is -2.74. The van der Waals surface area contributed by atoms with E-state index in [-0.39, 0.29) is 114 Å². The number of esters is 1. The highest BCUT2D eigenvalue weighted by Gasteiger charge is 2.61. The van der Waals surface area contributed by atoms with Crippen molar-refractivity contribution in [2.24, 2.45) is 0 Å². The average molecular weight is 1490 g/mol. The smallest absolute Gasteiger partial charge is 0.302 e. The first-order valence-electron chi connectivity index (χ1n) is 26.3. The van der Waals surface area contributed by atoms with Gasteiger partial charge in [0.05, 0.1) is 57.1 Å². The van der Waals surface area contributed by atoms with E-state index in [0.29, 0.717) is 55.7 Å². The number of hydrogen-bond acceptors (Lipinski definition) is 21. The van der Waals surface area contributed by atoms with Gasteiger partial charge in [0.2, 0.25) is 11.6 Å². The molecule has 4 bridgehead atoms. The van der Waals surface area contributed by atoms with Gasteiger partial charge in [-0.1, -0.05) is 7.43 Å². The molecular weight excluding hydrogens is 1420 g/mol. The molecule has 2 saturated heterocycles. The molecule has 0 aromatic heterocycles. The van der Waals surface area contributed by atoms with E-state index in [1.807, 2.05) is 21.7 Å². The number of fused-ring (bicyclic) bond motifs is 10. The summed E-state index contributed by atoms with van der Waals surface area (Å²) in [5.41, 5.74) is 4.29. The predicted molar refractivity (Wildman–Crippen MR) is 369 cm³/mol. The van der Waals surface area contributed by atoms with Crippen LogP contribution in [0.1, 0.15) is 81.6 Å². The van der Waals surface area contributed by atoms with Crippen LogP contribution in [0.15, 0.2) is 89.5 Å². The average Bonchev–Trinajstić information content (AvgIpc) is 0.713. The zero-order valence-corrected chi connectivity index (χ0v) is 60.4. The quantitative estimate of drug-likeness (QED) is 0.293. The molecule has 4 aliphatic carbocycles. The molecule has 0 radical (unpaired) electrons. The number of aliphatic hydroxyl groups is 2. The summed E-state index contributed by atoms with van der Waals surface area (Å²) in [6.45, 7) is 10.1. The maximum absolute atomic E-state index is 13.6. The first-order chi connectivity index (χ1) is 41.4. The van der Waals surface area contributed by atoms with E-state index in [1.165, 1.54) is 38.9 Å². The van der Waals surface area contributed by atoms with Crippen molar-refractivity contribution in [1.29, 1.82) is 5.26 Å². The number of allylic oxidation sites excluding steroid dienone is 8. The summed E-state index contributed by atoms with van der Waals surface area (Å²) in [5, 5.41) is 32.4. The number of methoxy groups -OCH3 is 2. The maximum atomic E-state index is 13.6. The fourth-order valence-corrected chi connectivity index (χ4v) is 43.7. The van der Waals surface area contributed by atoms with Crippen molar-refractivity contribution in [3.63, 3.8) is 0 Å². The third-order valence-corrected chi connectivity index (χ3v) is 44.2. The molecule has 0 aromatic rings. The summed E-state index contributed by atoms with van der Waals surface area (Å²) in [5.74, 6) is -3.03. The van der Waals surface area contributed by atoms with Gasteiger partial charge in [0, 0.05) is 241 Å². The van der Waals surface area contributed by atoms with E-state index in [1.54, 1.807) is 151 Å². The van der Waals surface area contributed by atoms with Crippen molar-refractivity contribution in [2.75, 3.05) is 41.5 Å². The summed E-state index contributed by atoms with van der Waals surface area (Å²) in [6, 6.07) is -3.65. The van der Waals surface area contributed by atoms with Crippen LogP contribution in [-0.4, -0.2) is 184 Å². The normalized spacial score (nSPS) is 28.3. The summed E-state index contributed by atoms with van der Waals surface area (Å²) >= 11 is 9.45. The number of ether oxygens (including phenoxy) is 3. The van der Waals surface area contributed by atoms with Crippen LogP contribution in [0.4, 0.5) is 0 Å². The molecule has 34 heteroatoms. The van der Waals surface area contributed by atoms with E-state index in [4.69, 9.17) is 36.6 Å². The number of carbonyl (C=O) groups is 9. The van der Waals surface area contributed by atoms with Gasteiger partial charge in [-0.3, -0.25) is 62.8 Å². The van der Waals surface area contributed by atoms with Crippen LogP contribution < -0.4 is 0 Å². The highest BCUT2D eigenvalue weighted by molar-refractivity contribution is 8.76. The van der Waals surface area contributed by atoms with Gasteiger partial charge in [-0.05, 0) is 81.3 Å². The van der Waals surface area contributed by atoms with Gasteiger partial charge < -0.3 is 24.4 Å². The van der Waals surface area contributed by atoms with Gasteiger partial charge in [-0.15, -0.1) is 0 Å². The van der Waals surface area contributed by atoms with E-state index in [2.05, 4.69) is 6.07 Å². The number of nitriles is 1. The number of aliphatic hydroxyl groups excluding tert-OH is 2. The maximum Gasteiger partial charge on any atom is 0.302 e. The monoisotopic (exact) mass is 1480 g/mol. The van der Waals surface area contributed by atoms with Gasteiger partial charge in [0.1, 0.15) is 18.9 Å². The van der Waals surface area contributed by atoms with Gasteiger partial charge in [0.15, 0.2) is 46.2 Å². The van der Waals surface area contributed by atoms with Crippen molar-refractivity contribution in [3.05, 3.63) is 89.5 Å². The summed E-state index contributed by atoms with van der Waals surface area (Å²) in [4.78, 5) is 126. The standard InChI is InChI=1S/C27H30N2O8.C26H27N3O6.CH4.S15/c1-10-11(2)24(33)19-14(22(10)31)7-16-21-20-15(23(32)12(3)26(36-6)25(20)34)8-17(28(21)5)27(35)29(16)18(19)9-37-13(4)30;1-10-11(2)24(33)19-13(22(10)31)7-16-21-20-14(23(32)12(3)26(35-5)25(20)34)6-15(28(21)4)17(8-27)29(16)18(19)9-30;;1-3-5-7-9-11-13-15-14-12-10-8-6-4-2/h16-18,21,27,35H,7-9H2,1-6H3;15-18,21,30H,6-7,9H2,1-5H3;1H4;/t16-,17-,18-,21-,27-;15-,16-,17-,18-,21-;;/m00../s1. The summed E-state index contributed by atoms with van der Waals surface area (Å²) in [6.07, 6.45) is -0.616. The first kappa shape index (κ1) is 72.3. The predicted octanol–water partition coefficient (Wildman–Crippen LogP) is 1.70.